The van der Waals surface area contributed by atoms with E-state index in [1.54, 1.807) is 26.2 Å². The molecule has 0 radical (unpaired) electrons. The van der Waals surface area contributed by atoms with Gasteiger partial charge in [-0.05, 0) is 47.5 Å². The average Bonchev–Trinajstić information content (AvgIpc) is 2.45. The lowest BCUT2D eigenvalue weighted by Crippen LogP contribution is -2.23. The maximum Gasteiger partial charge on any atom is 0.205 e. The third-order valence-electron chi connectivity index (χ3n) is 3.49. The highest BCUT2D eigenvalue weighted by Gasteiger charge is 2.33. The third-order valence-corrected chi connectivity index (χ3v) is 4.11. The Bertz CT molecular complexity index is 744. The van der Waals surface area contributed by atoms with Gasteiger partial charge in [0.1, 0.15) is 23.2 Å². The fraction of sp³-hybridized carbons (Fsp3) is 0.250. The average molecular weight is 363 g/mol. The summed E-state index contributed by atoms with van der Waals surface area (Å²) in [6, 6.07) is 7.44. The van der Waals surface area contributed by atoms with Gasteiger partial charge in [-0.3, -0.25) is 4.79 Å². The van der Waals surface area contributed by atoms with E-state index in [0.29, 0.717) is 17.1 Å². The number of Topliss-reactive ketones (excluding diaryl/α,β-unsaturated/α-hetero) is 1. The number of allylic oxidation sites excluding steroid dienone is 3. The highest BCUT2D eigenvalue weighted by Crippen LogP contribution is 2.41. The van der Waals surface area contributed by atoms with Crippen molar-refractivity contribution in [3.8, 4) is 11.8 Å². The van der Waals surface area contributed by atoms with Crippen LogP contribution < -0.4 is 10.5 Å². The van der Waals surface area contributed by atoms with Crippen molar-refractivity contribution in [2.24, 2.45) is 5.73 Å². The summed E-state index contributed by atoms with van der Waals surface area (Å²) < 4.78 is 11.3. The molecule has 0 saturated carbocycles. The number of ketones is 1. The summed E-state index contributed by atoms with van der Waals surface area (Å²) in [5, 5.41) is 9.41. The van der Waals surface area contributed by atoms with Crippen LogP contribution in [0.2, 0.25) is 0 Å². The molecule has 2 rings (SSSR count). The van der Waals surface area contributed by atoms with Gasteiger partial charge in [0, 0.05) is 5.57 Å². The lowest BCUT2D eigenvalue weighted by Gasteiger charge is -2.27. The summed E-state index contributed by atoms with van der Waals surface area (Å²) in [6.45, 7) is 3.12. The van der Waals surface area contributed by atoms with E-state index in [2.05, 4.69) is 22.0 Å². The van der Waals surface area contributed by atoms with Crippen molar-refractivity contribution >= 4 is 21.7 Å². The van der Waals surface area contributed by atoms with E-state index < -0.39 is 5.92 Å². The molecule has 2 N–H and O–H groups in total. The molecule has 1 aromatic rings. The van der Waals surface area contributed by atoms with Gasteiger partial charge in [0.25, 0.3) is 0 Å². The second kappa shape index (κ2) is 6.24. The monoisotopic (exact) mass is 362 g/mol. The Morgan fingerprint density at radius 3 is 2.68 bits per heavy atom. The highest BCUT2D eigenvalue weighted by atomic mass is 79.9. The maximum absolute atomic E-state index is 12.0. The van der Waals surface area contributed by atoms with E-state index in [4.69, 9.17) is 15.2 Å². The van der Waals surface area contributed by atoms with Crippen LogP contribution in [0.15, 0.2) is 45.5 Å². The minimum absolute atomic E-state index is 0.0296. The summed E-state index contributed by atoms with van der Waals surface area (Å²) in [5.74, 6) is 0.410. The van der Waals surface area contributed by atoms with Crippen LogP contribution in [0, 0.1) is 11.3 Å². The molecule has 0 unspecified atom stereocenters. The van der Waals surface area contributed by atoms with Gasteiger partial charge in [0.15, 0.2) is 5.78 Å². The molecular weight excluding hydrogens is 348 g/mol. The lowest BCUT2D eigenvalue weighted by molar-refractivity contribution is -0.114. The molecule has 22 heavy (non-hydrogen) atoms. The number of hydrogen-bond acceptors (Lipinski definition) is 5. The van der Waals surface area contributed by atoms with Crippen LogP contribution in [-0.2, 0) is 9.53 Å². The fourth-order valence-corrected chi connectivity index (χ4v) is 3.09. The molecule has 114 valence electrons. The quantitative estimate of drug-likeness (QED) is 0.892. The van der Waals surface area contributed by atoms with Crippen molar-refractivity contribution in [3.63, 3.8) is 0 Å². The van der Waals surface area contributed by atoms with Gasteiger partial charge in [0.05, 0.1) is 17.5 Å². The normalized spacial score (nSPS) is 17.9. The zero-order chi connectivity index (χ0) is 16.4. The number of benzene rings is 1. The van der Waals surface area contributed by atoms with Gasteiger partial charge >= 0.3 is 0 Å². The molecule has 1 aliphatic heterocycles. The summed E-state index contributed by atoms with van der Waals surface area (Å²) in [4.78, 5) is 12.0. The molecule has 1 aliphatic rings. The molecule has 5 nitrogen and oxygen atoms in total. The van der Waals surface area contributed by atoms with E-state index in [9.17, 15) is 10.1 Å². The summed E-state index contributed by atoms with van der Waals surface area (Å²) in [7, 11) is 1.57. The molecule has 0 amide bonds. The molecule has 0 aromatic heterocycles. The van der Waals surface area contributed by atoms with E-state index in [0.717, 1.165) is 10.0 Å². The number of rotatable bonds is 3. The topological polar surface area (TPSA) is 85.3 Å². The molecule has 0 bridgehead atoms. The van der Waals surface area contributed by atoms with Crippen LogP contribution in [0.1, 0.15) is 25.3 Å². The minimum Gasteiger partial charge on any atom is -0.496 e. The van der Waals surface area contributed by atoms with E-state index in [1.165, 1.54) is 6.92 Å². The van der Waals surface area contributed by atoms with Crippen molar-refractivity contribution in [2.45, 2.75) is 19.8 Å². The van der Waals surface area contributed by atoms with Crippen molar-refractivity contribution in [3.05, 3.63) is 51.0 Å². The van der Waals surface area contributed by atoms with Gasteiger partial charge in [-0.25, -0.2) is 0 Å². The summed E-state index contributed by atoms with van der Waals surface area (Å²) >= 11 is 3.42. The lowest BCUT2D eigenvalue weighted by atomic mass is 9.81. The first kappa shape index (κ1) is 16.1. The third kappa shape index (κ3) is 2.72. The summed E-state index contributed by atoms with van der Waals surface area (Å²) in [5.41, 5.74) is 7.24. The molecule has 0 spiro atoms. The van der Waals surface area contributed by atoms with Gasteiger partial charge < -0.3 is 15.2 Å². The molecule has 1 heterocycles. The summed E-state index contributed by atoms with van der Waals surface area (Å²) in [6.07, 6.45) is 0. The number of halogens is 1. The smallest absolute Gasteiger partial charge is 0.205 e. The molecule has 0 fully saturated rings. The first-order chi connectivity index (χ1) is 10.4. The largest absolute Gasteiger partial charge is 0.496 e. The number of hydrogen-bond donors (Lipinski definition) is 1. The Morgan fingerprint density at radius 1 is 1.50 bits per heavy atom. The number of carbonyl (C=O) groups excluding carboxylic acids is 1. The minimum atomic E-state index is -0.543. The molecule has 0 saturated heterocycles. The Kier molecular flexibility index (Phi) is 4.57. The van der Waals surface area contributed by atoms with Crippen molar-refractivity contribution < 1.29 is 14.3 Å². The van der Waals surface area contributed by atoms with Crippen LogP contribution in [0.5, 0.6) is 5.75 Å². The van der Waals surface area contributed by atoms with Crippen LogP contribution in [0.3, 0.4) is 0 Å². The maximum atomic E-state index is 12.0. The Labute approximate surface area is 137 Å². The molecule has 1 atom stereocenters. The Balaban J connectivity index is 2.66. The molecule has 0 aliphatic carbocycles. The van der Waals surface area contributed by atoms with Crippen molar-refractivity contribution in [1.82, 2.24) is 0 Å². The van der Waals surface area contributed by atoms with Gasteiger partial charge in [-0.1, -0.05) is 6.07 Å². The highest BCUT2D eigenvalue weighted by molar-refractivity contribution is 9.10. The number of nitriles is 1. The zero-order valence-corrected chi connectivity index (χ0v) is 14.0. The zero-order valence-electron chi connectivity index (χ0n) is 12.4. The van der Waals surface area contributed by atoms with Gasteiger partial charge in [-0.15, -0.1) is 0 Å². The van der Waals surface area contributed by atoms with Gasteiger partial charge in [-0.2, -0.15) is 5.26 Å². The Hall–Kier alpha value is -2.26. The van der Waals surface area contributed by atoms with Crippen LogP contribution in [0.25, 0.3) is 0 Å². The molecule has 1 aromatic carbocycles. The second-order valence-electron chi connectivity index (χ2n) is 4.84. The van der Waals surface area contributed by atoms with E-state index in [1.807, 2.05) is 6.07 Å². The first-order valence-corrected chi connectivity index (χ1v) is 7.32. The van der Waals surface area contributed by atoms with Crippen LogP contribution in [-0.4, -0.2) is 12.9 Å². The number of nitrogens with two attached hydrogens (primary N) is 1. The van der Waals surface area contributed by atoms with Crippen molar-refractivity contribution in [1.29, 1.82) is 5.26 Å². The molecule has 6 heteroatoms. The van der Waals surface area contributed by atoms with E-state index >= 15 is 0 Å². The van der Waals surface area contributed by atoms with E-state index in [-0.39, 0.29) is 17.2 Å². The van der Waals surface area contributed by atoms with Gasteiger partial charge in [0.2, 0.25) is 5.88 Å². The fourth-order valence-electron chi connectivity index (χ4n) is 2.53. The number of carbonyl (C=O) groups is 1. The predicted molar refractivity (Wildman–Crippen MR) is 84.7 cm³/mol. The van der Waals surface area contributed by atoms with Crippen LogP contribution in [0.4, 0.5) is 0 Å². The molecular formula is C16H15BrN2O3. The standard InChI is InChI=1S/C16H15BrN2O3/c1-8(20)14-9(2)22-16(19)11(7-18)15(14)10-4-5-13(21-3)12(17)6-10/h4-6,15H,19H2,1-3H3/t15-/m0/s1. The Morgan fingerprint density at radius 2 is 2.18 bits per heavy atom. The number of nitrogens with zero attached hydrogens (tertiary/aromatic N) is 1. The predicted octanol–water partition coefficient (Wildman–Crippen LogP) is 3.13. The van der Waals surface area contributed by atoms with Crippen molar-refractivity contribution in [2.75, 3.05) is 7.11 Å². The number of ether oxygens (including phenoxy) is 2. The first-order valence-electron chi connectivity index (χ1n) is 6.53. The second-order valence-corrected chi connectivity index (χ2v) is 5.70. The number of methoxy groups -OCH3 is 1. The SMILES string of the molecule is COc1ccc([C@H]2C(C#N)=C(N)OC(C)=C2C(C)=O)cc1Br. The van der Waals surface area contributed by atoms with Crippen LogP contribution >= 0.6 is 15.9 Å².